The van der Waals surface area contributed by atoms with Crippen molar-refractivity contribution in [3.63, 3.8) is 0 Å². The van der Waals surface area contributed by atoms with E-state index >= 15 is 0 Å². The predicted molar refractivity (Wildman–Crippen MR) is 68.5 cm³/mol. The molecule has 0 aliphatic rings. The van der Waals surface area contributed by atoms with Crippen LogP contribution < -0.4 is 5.73 Å². The molecule has 3 heteroatoms. The minimum absolute atomic E-state index is 0.0257. The third kappa shape index (κ3) is 5.50. The maximum Gasteiger partial charge on any atom is 0.323 e. The number of esters is 1. The molecule has 0 saturated heterocycles. The van der Waals surface area contributed by atoms with Crippen LogP contribution in [0.1, 0.15) is 26.3 Å². The summed E-state index contributed by atoms with van der Waals surface area (Å²) in [6.45, 7) is 6.45. The van der Waals surface area contributed by atoms with Gasteiger partial charge in [-0.1, -0.05) is 51.1 Å². The highest BCUT2D eigenvalue weighted by atomic mass is 16.5. The largest absolute Gasteiger partial charge is 0.464 e. The van der Waals surface area contributed by atoms with Crippen molar-refractivity contribution >= 4 is 5.97 Å². The molecule has 2 N–H and O–H groups in total. The molecule has 0 spiro atoms. The van der Waals surface area contributed by atoms with Crippen molar-refractivity contribution in [3.05, 3.63) is 35.9 Å². The van der Waals surface area contributed by atoms with Gasteiger partial charge in [0.15, 0.2) is 0 Å². The summed E-state index contributed by atoms with van der Waals surface area (Å²) in [7, 11) is 0. The van der Waals surface area contributed by atoms with E-state index in [1.54, 1.807) is 0 Å². The minimum atomic E-state index is -0.584. The Hall–Kier alpha value is -1.35. The summed E-state index contributed by atoms with van der Waals surface area (Å²) in [5.74, 6) is -0.330. The van der Waals surface area contributed by atoms with Gasteiger partial charge < -0.3 is 10.5 Å². The molecule has 0 saturated carbocycles. The van der Waals surface area contributed by atoms with Crippen LogP contribution in [-0.4, -0.2) is 18.6 Å². The van der Waals surface area contributed by atoms with Gasteiger partial charge in [0.2, 0.25) is 0 Å². The van der Waals surface area contributed by atoms with Crippen molar-refractivity contribution in [1.82, 2.24) is 0 Å². The smallest absolute Gasteiger partial charge is 0.323 e. The second kappa shape index (κ2) is 5.82. The van der Waals surface area contributed by atoms with Crippen molar-refractivity contribution in [1.29, 1.82) is 0 Å². The third-order valence-electron chi connectivity index (χ3n) is 2.25. The topological polar surface area (TPSA) is 52.3 Å². The molecule has 1 aromatic carbocycles. The second-order valence-corrected chi connectivity index (χ2v) is 5.46. The third-order valence-corrected chi connectivity index (χ3v) is 2.25. The summed E-state index contributed by atoms with van der Waals surface area (Å²) in [4.78, 5) is 11.6. The maximum absolute atomic E-state index is 11.6. The van der Waals surface area contributed by atoms with Gasteiger partial charge in [0.1, 0.15) is 6.04 Å². The van der Waals surface area contributed by atoms with Gasteiger partial charge in [-0.3, -0.25) is 4.79 Å². The molecule has 17 heavy (non-hydrogen) atoms. The molecule has 0 radical (unpaired) electrons. The first kappa shape index (κ1) is 13.7. The molecular weight excluding hydrogens is 214 g/mol. The second-order valence-electron chi connectivity index (χ2n) is 5.46. The molecule has 0 unspecified atom stereocenters. The molecule has 0 bridgehead atoms. The Kier molecular flexibility index (Phi) is 4.70. The average Bonchev–Trinajstić information content (AvgIpc) is 2.26. The quantitative estimate of drug-likeness (QED) is 0.813. The average molecular weight is 235 g/mol. The Morgan fingerprint density at radius 1 is 1.29 bits per heavy atom. The SMILES string of the molecule is CC(C)(C)COC(=O)[C@H](N)Cc1ccccc1. The zero-order valence-electron chi connectivity index (χ0n) is 10.8. The highest BCUT2D eigenvalue weighted by Crippen LogP contribution is 2.13. The van der Waals surface area contributed by atoms with Crippen molar-refractivity contribution in [2.45, 2.75) is 33.2 Å². The van der Waals surface area contributed by atoms with Gasteiger partial charge in [-0.25, -0.2) is 0 Å². The van der Waals surface area contributed by atoms with Crippen LogP contribution in [-0.2, 0) is 16.0 Å². The van der Waals surface area contributed by atoms with E-state index in [1.807, 2.05) is 51.1 Å². The molecule has 0 amide bonds. The van der Waals surface area contributed by atoms with Crippen LogP contribution in [0, 0.1) is 5.41 Å². The van der Waals surface area contributed by atoms with Crippen LogP contribution in [0.25, 0.3) is 0 Å². The molecule has 0 aliphatic carbocycles. The lowest BCUT2D eigenvalue weighted by molar-refractivity contribution is -0.147. The first-order chi connectivity index (χ1) is 7.88. The standard InChI is InChI=1S/C14H21NO2/c1-14(2,3)10-17-13(16)12(15)9-11-7-5-4-6-8-11/h4-8,12H,9-10,15H2,1-3H3/t12-/m1/s1. The molecule has 3 nitrogen and oxygen atoms in total. The molecule has 0 aromatic heterocycles. The minimum Gasteiger partial charge on any atom is -0.464 e. The first-order valence-electron chi connectivity index (χ1n) is 5.84. The van der Waals surface area contributed by atoms with Gasteiger partial charge in [-0.15, -0.1) is 0 Å². The summed E-state index contributed by atoms with van der Waals surface area (Å²) in [5, 5.41) is 0. The highest BCUT2D eigenvalue weighted by Gasteiger charge is 2.19. The Morgan fingerprint density at radius 2 is 1.88 bits per heavy atom. The molecular formula is C14H21NO2. The van der Waals surface area contributed by atoms with Gasteiger partial charge in [0, 0.05) is 0 Å². The maximum atomic E-state index is 11.6. The molecule has 0 fully saturated rings. The van der Waals surface area contributed by atoms with E-state index in [4.69, 9.17) is 10.5 Å². The van der Waals surface area contributed by atoms with E-state index < -0.39 is 6.04 Å². The van der Waals surface area contributed by atoms with Gasteiger partial charge in [0.25, 0.3) is 0 Å². The van der Waals surface area contributed by atoms with E-state index in [9.17, 15) is 4.79 Å². The fourth-order valence-electron chi connectivity index (χ4n) is 1.35. The Bertz CT molecular complexity index is 354. The van der Waals surface area contributed by atoms with Crippen LogP contribution in [0.3, 0.4) is 0 Å². The molecule has 1 aromatic rings. The number of nitrogens with two attached hydrogens (primary N) is 1. The Morgan fingerprint density at radius 3 is 2.41 bits per heavy atom. The number of hydrogen-bond donors (Lipinski definition) is 1. The van der Waals surface area contributed by atoms with Crippen LogP contribution in [0.5, 0.6) is 0 Å². The predicted octanol–water partition coefficient (Wildman–Crippen LogP) is 2.15. The highest BCUT2D eigenvalue weighted by molar-refractivity contribution is 5.75. The zero-order chi connectivity index (χ0) is 12.9. The van der Waals surface area contributed by atoms with Gasteiger partial charge >= 0.3 is 5.97 Å². The number of carbonyl (C=O) groups is 1. The molecule has 1 rings (SSSR count). The lowest BCUT2D eigenvalue weighted by atomic mass is 9.98. The fraction of sp³-hybridized carbons (Fsp3) is 0.500. The van der Waals surface area contributed by atoms with Crippen LogP contribution >= 0.6 is 0 Å². The van der Waals surface area contributed by atoms with E-state index in [2.05, 4.69) is 0 Å². The van der Waals surface area contributed by atoms with Crippen LogP contribution in [0.4, 0.5) is 0 Å². The van der Waals surface area contributed by atoms with Crippen molar-refractivity contribution in [2.24, 2.45) is 11.1 Å². The number of hydrogen-bond acceptors (Lipinski definition) is 3. The van der Waals surface area contributed by atoms with E-state index in [0.29, 0.717) is 13.0 Å². The summed E-state index contributed by atoms with van der Waals surface area (Å²) in [5.41, 5.74) is 6.83. The summed E-state index contributed by atoms with van der Waals surface area (Å²) >= 11 is 0. The van der Waals surface area contributed by atoms with Crippen LogP contribution in [0.2, 0.25) is 0 Å². The molecule has 0 heterocycles. The molecule has 0 aliphatic heterocycles. The number of rotatable bonds is 4. The van der Waals surface area contributed by atoms with E-state index in [1.165, 1.54) is 0 Å². The van der Waals surface area contributed by atoms with Crippen molar-refractivity contribution < 1.29 is 9.53 Å². The number of ether oxygens (including phenoxy) is 1. The number of carbonyl (C=O) groups excluding carboxylic acids is 1. The Labute approximate surface area is 103 Å². The number of benzene rings is 1. The summed E-state index contributed by atoms with van der Waals surface area (Å²) < 4.78 is 5.18. The van der Waals surface area contributed by atoms with Crippen molar-refractivity contribution in [3.8, 4) is 0 Å². The summed E-state index contributed by atoms with van der Waals surface area (Å²) in [6, 6.07) is 9.13. The molecule has 94 valence electrons. The van der Waals surface area contributed by atoms with Gasteiger partial charge in [0.05, 0.1) is 6.61 Å². The van der Waals surface area contributed by atoms with Gasteiger partial charge in [-0.2, -0.15) is 0 Å². The normalized spacial score (nSPS) is 13.2. The lowest BCUT2D eigenvalue weighted by Gasteiger charge is -2.19. The Balaban J connectivity index is 2.43. The van der Waals surface area contributed by atoms with Crippen molar-refractivity contribution in [2.75, 3.05) is 6.61 Å². The monoisotopic (exact) mass is 235 g/mol. The van der Waals surface area contributed by atoms with E-state index in [0.717, 1.165) is 5.56 Å². The first-order valence-corrected chi connectivity index (χ1v) is 5.84. The fourth-order valence-corrected chi connectivity index (χ4v) is 1.35. The summed E-state index contributed by atoms with van der Waals surface area (Å²) in [6.07, 6.45) is 0.518. The van der Waals surface area contributed by atoms with Gasteiger partial charge in [-0.05, 0) is 17.4 Å². The van der Waals surface area contributed by atoms with E-state index in [-0.39, 0.29) is 11.4 Å². The molecule has 1 atom stereocenters. The lowest BCUT2D eigenvalue weighted by Crippen LogP contribution is -2.36. The zero-order valence-corrected chi connectivity index (χ0v) is 10.8. The van der Waals surface area contributed by atoms with Crippen LogP contribution in [0.15, 0.2) is 30.3 Å².